The topological polar surface area (TPSA) is 55.0 Å². The molecular formula is C13H18N4S. The molecule has 0 saturated carbocycles. The van der Waals surface area contributed by atoms with Crippen LogP contribution in [0.4, 0.5) is 5.82 Å². The fourth-order valence-electron chi connectivity index (χ4n) is 2.71. The average Bonchev–Trinajstić information content (AvgIpc) is 2.76. The molecule has 2 N–H and O–H groups in total. The summed E-state index contributed by atoms with van der Waals surface area (Å²) in [6, 6.07) is 2.54. The smallest absolute Gasteiger partial charge is 0.141 e. The highest BCUT2D eigenvalue weighted by Gasteiger charge is 2.22. The van der Waals surface area contributed by atoms with Gasteiger partial charge in [-0.2, -0.15) is 0 Å². The van der Waals surface area contributed by atoms with E-state index in [4.69, 9.17) is 5.73 Å². The van der Waals surface area contributed by atoms with E-state index < -0.39 is 0 Å². The van der Waals surface area contributed by atoms with Crippen molar-refractivity contribution in [1.82, 2.24) is 9.97 Å². The molecule has 2 aromatic heterocycles. The maximum Gasteiger partial charge on any atom is 0.141 e. The van der Waals surface area contributed by atoms with Crippen molar-refractivity contribution in [1.29, 1.82) is 0 Å². The van der Waals surface area contributed by atoms with Crippen LogP contribution >= 0.6 is 11.3 Å². The summed E-state index contributed by atoms with van der Waals surface area (Å²) in [5, 5.41) is 3.25. The quantitative estimate of drug-likeness (QED) is 0.903. The average molecular weight is 262 g/mol. The van der Waals surface area contributed by atoms with Crippen LogP contribution in [-0.4, -0.2) is 29.1 Å². The second-order valence-corrected chi connectivity index (χ2v) is 5.66. The Kier molecular flexibility index (Phi) is 3.43. The Bertz CT molecular complexity index is 524. The van der Waals surface area contributed by atoms with Crippen LogP contribution in [0, 0.1) is 0 Å². The van der Waals surface area contributed by atoms with Crippen molar-refractivity contribution in [2.24, 2.45) is 5.73 Å². The molecule has 2 aromatic rings. The summed E-state index contributed by atoms with van der Waals surface area (Å²) in [6.45, 7) is 1.76. The fourth-order valence-corrected chi connectivity index (χ4v) is 3.43. The largest absolute Gasteiger partial charge is 0.352 e. The van der Waals surface area contributed by atoms with Gasteiger partial charge in [-0.1, -0.05) is 12.8 Å². The first-order chi connectivity index (χ1) is 8.90. The van der Waals surface area contributed by atoms with Gasteiger partial charge in [0, 0.05) is 19.1 Å². The molecule has 0 aromatic carbocycles. The molecule has 0 amide bonds. The zero-order valence-corrected chi connectivity index (χ0v) is 11.2. The maximum absolute atomic E-state index is 5.94. The minimum absolute atomic E-state index is 0.422. The van der Waals surface area contributed by atoms with Crippen LogP contribution < -0.4 is 10.6 Å². The Labute approximate surface area is 111 Å². The van der Waals surface area contributed by atoms with Crippen LogP contribution in [-0.2, 0) is 0 Å². The van der Waals surface area contributed by atoms with E-state index in [0.717, 1.165) is 17.2 Å². The van der Waals surface area contributed by atoms with Crippen LogP contribution in [0.3, 0.4) is 0 Å². The highest BCUT2D eigenvalue weighted by Crippen LogP contribution is 2.30. The van der Waals surface area contributed by atoms with E-state index in [1.54, 1.807) is 17.7 Å². The summed E-state index contributed by atoms with van der Waals surface area (Å²) in [5.74, 6) is 1.07. The molecule has 0 radical (unpaired) electrons. The Hall–Kier alpha value is -1.20. The van der Waals surface area contributed by atoms with Crippen molar-refractivity contribution in [3.8, 4) is 0 Å². The molecule has 18 heavy (non-hydrogen) atoms. The molecule has 3 heterocycles. The lowest BCUT2D eigenvalue weighted by Crippen LogP contribution is -2.40. The number of hydrogen-bond acceptors (Lipinski definition) is 5. The van der Waals surface area contributed by atoms with Crippen molar-refractivity contribution in [3.05, 3.63) is 17.8 Å². The normalized spacial score (nSPS) is 21.2. The van der Waals surface area contributed by atoms with Gasteiger partial charge in [0.05, 0.1) is 5.39 Å². The molecule has 1 aliphatic rings. The first-order valence-electron chi connectivity index (χ1n) is 6.55. The van der Waals surface area contributed by atoms with E-state index in [1.165, 1.54) is 31.1 Å². The van der Waals surface area contributed by atoms with E-state index >= 15 is 0 Å². The summed E-state index contributed by atoms with van der Waals surface area (Å²) in [7, 11) is 0. The third-order valence-electron chi connectivity index (χ3n) is 3.66. The van der Waals surface area contributed by atoms with Crippen LogP contribution in [0.25, 0.3) is 10.2 Å². The van der Waals surface area contributed by atoms with E-state index in [-0.39, 0.29) is 0 Å². The second kappa shape index (κ2) is 5.20. The van der Waals surface area contributed by atoms with Gasteiger partial charge in [0.1, 0.15) is 17.0 Å². The van der Waals surface area contributed by atoms with Crippen molar-refractivity contribution < 1.29 is 0 Å². The summed E-state index contributed by atoms with van der Waals surface area (Å²) < 4.78 is 0. The molecule has 5 heteroatoms. The van der Waals surface area contributed by atoms with Gasteiger partial charge in [0.25, 0.3) is 0 Å². The third kappa shape index (κ3) is 2.08. The van der Waals surface area contributed by atoms with Crippen molar-refractivity contribution >= 4 is 27.4 Å². The predicted octanol–water partition coefficient (Wildman–Crippen LogP) is 2.40. The van der Waals surface area contributed by atoms with Gasteiger partial charge in [-0.05, 0) is 24.3 Å². The Morgan fingerprint density at radius 1 is 1.33 bits per heavy atom. The monoisotopic (exact) mass is 262 g/mol. The number of nitrogens with zero attached hydrogens (tertiary/aromatic N) is 3. The highest BCUT2D eigenvalue weighted by atomic mass is 32.1. The van der Waals surface area contributed by atoms with E-state index in [2.05, 4.69) is 26.3 Å². The van der Waals surface area contributed by atoms with Gasteiger partial charge in [-0.3, -0.25) is 0 Å². The van der Waals surface area contributed by atoms with Gasteiger partial charge in [0.2, 0.25) is 0 Å². The Balaban J connectivity index is 2.02. The minimum Gasteiger partial charge on any atom is -0.352 e. The summed E-state index contributed by atoms with van der Waals surface area (Å²) in [6.07, 6.45) is 6.64. The molecular weight excluding hydrogens is 244 g/mol. The van der Waals surface area contributed by atoms with Crippen LogP contribution in [0.5, 0.6) is 0 Å². The number of anilines is 1. The second-order valence-electron chi connectivity index (χ2n) is 4.77. The lowest BCUT2D eigenvalue weighted by molar-refractivity contribution is 0.577. The van der Waals surface area contributed by atoms with Crippen molar-refractivity contribution in [3.63, 3.8) is 0 Å². The van der Waals surface area contributed by atoms with Crippen LogP contribution in [0.15, 0.2) is 17.8 Å². The first-order valence-corrected chi connectivity index (χ1v) is 7.43. The van der Waals surface area contributed by atoms with Crippen LogP contribution in [0.1, 0.15) is 25.7 Å². The zero-order chi connectivity index (χ0) is 12.4. The third-order valence-corrected chi connectivity index (χ3v) is 4.48. The molecule has 0 bridgehead atoms. The molecule has 3 rings (SSSR count). The molecule has 4 nitrogen and oxygen atoms in total. The molecule has 0 aliphatic carbocycles. The molecule has 1 atom stereocenters. The molecule has 1 fully saturated rings. The zero-order valence-electron chi connectivity index (χ0n) is 10.4. The molecule has 0 spiro atoms. The molecule has 1 aliphatic heterocycles. The standard InChI is InChI=1S/C13H18N4S/c14-8-10-4-2-1-3-6-17(10)12-11-5-7-18-13(11)16-9-15-12/h5,7,9-10H,1-4,6,8,14H2. The summed E-state index contributed by atoms with van der Waals surface area (Å²) in [4.78, 5) is 12.3. The van der Waals surface area contributed by atoms with Gasteiger partial charge in [0.15, 0.2) is 0 Å². The summed E-state index contributed by atoms with van der Waals surface area (Å²) in [5.41, 5.74) is 5.94. The lowest BCUT2D eigenvalue weighted by atomic mass is 10.1. The number of aromatic nitrogens is 2. The van der Waals surface area contributed by atoms with Crippen molar-refractivity contribution in [2.45, 2.75) is 31.7 Å². The molecule has 96 valence electrons. The SMILES string of the molecule is NCC1CCCCCN1c1ncnc2sccc12. The summed E-state index contributed by atoms with van der Waals surface area (Å²) >= 11 is 1.67. The van der Waals surface area contributed by atoms with E-state index in [9.17, 15) is 0 Å². The van der Waals surface area contributed by atoms with Gasteiger partial charge in [-0.15, -0.1) is 11.3 Å². The Morgan fingerprint density at radius 2 is 2.28 bits per heavy atom. The predicted molar refractivity (Wildman–Crippen MR) is 76.1 cm³/mol. The van der Waals surface area contributed by atoms with Gasteiger partial charge < -0.3 is 10.6 Å². The number of fused-ring (bicyclic) bond motifs is 1. The van der Waals surface area contributed by atoms with Crippen molar-refractivity contribution in [2.75, 3.05) is 18.0 Å². The number of hydrogen-bond donors (Lipinski definition) is 1. The van der Waals surface area contributed by atoms with E-state index in [0.29, 0.717) is 12.6 Å². The van der Waals surface area contributed by atoms with Gasteiger partial charge >= 0.3 is 0 Å². The number of nitrogens with two attached hydrogens (primary N) is 1. The lowest BCUT2D eigenvalue weighted by Gasteiger charge is -2.30. The van der Waals surface area contributed by atoms with Crippen LogP contribution in [0.2, 0.25) is 0 Å². The number of rotatable bonds is 2. The molecule has 1 saturated heterocycles. The fraction of sp³-hybridized carbons (Fsp3) is 0.538. The Morgan fingerprint density at radius 3 is 3.17 bits per heavy atom. The highest BCUT2D eigenvalue weighted by molar-refractivity contribution is 7.16. The van der Waals surface area contributed by atoms with Gasteiger partial charge in [-0.25, -0.2) is 9.97 Å². The minimum atomic E-state index is 0.422. The molecule has 1 unspecified atom stereocenters. The maximum atomic E-state index is 5.94. The number of thiophene rings is 1. The first kappa shape index (κ1) is 11.9. The van der Waals surface area contributed by atoms with E-state index in [1.807, 2.05) is 0 Å².